The summed E-state index contributed by atoms with van der Waals surface area (Å²) in [5, 5.41) is 0. The summed E-state index contributed by atoms with van der Waals surface area (Å²) >= 11 is 0. The van der Waals surface area contributed by atoms with Gasteiger partial charge in [-0.05, 0) is 18.2 Å². The Bertz CT molecular complexity index is 340. The number of fused-ring (bicyclic) bond motifs is 1. The minimum absolute atomic E-state index is 0.633. The van der Waals surface area contributed by atoms with Crippen molar-refractivity contribution in [3.05, 3.63) is 36.3 Å². The fourth-order valence-corrected chi connectivity index (χ4v) is 1.41. The van der Waals surface area contributed by atoms with Gasteiger partial charge in [0.1, 0.15) is 5.76 Å². The van der Waals surface area contributed by atoms with Crippen molar-refractivity contribution in [1.82, 2.24) is 0 Å². The van der Waals surface area contributed by atoms with E-state index < -0.39 is 0 Å². The first-order valence-electron chi connectivity index (χ1n) is 4.07. The highest BCUT2D eigenvalue weighted by Gasteiger charge is 2.07. The van der Waals surface area contributed by atoms with Crippen LogP contribution in [0, 0.1) is 0 Å². The van der Waals surface area contributed by atoms with E-state index in [1.807, 2.05) is 12.1 Å². The molecule has 0 fully saturated rings. The molecule has 0 aromatic carbocycles. The molecule has 2 nitrogen and oxygen atoms in total. The van der Waals surface area contributed by atoms with Crippen molar-refractivity contribution in [2.75, 3.05) is 6.54 Å². The highest BCUT2D eigenvalue weighted by Crippen LogP contribution is 2.26. The minimum atomic E-state index is 0.633. The third-order valence-electron chi connectivity index (χ3n) is 1.98. The first kappa shape index (κ1) is 7.37. The van der Waals surface area contributed by atoms with E-state index >= 15 is 0 Å². The summed E-state index contributed by atoms with van der Waals surface area (Å²) in [4.78, 5) is 0. The quantitative estimate of drug-likeness (QED) is 0.730. The van der Waals surface area contributed by atoms with Crippen LogP contribution in [0.3, 0.4) is 0 Å². The molecule has 0 unspecified atom stereocenters. The monoisotopic (exact) mass is 161 g/mol. The normalized spacial score (nSPS) is 10.8. The molecule has 1 aliphatic carbocycles. The van der Waals surface area contributed by atoms with E-state index in [-0.39, 0.29) is 0 Å². The van der Waals surface area contributed by atoms with Crippen LogP contribution in [-0.4, -0.2) is 6.54 Å². The Balaban J connectivity index is 2.48. The van der Waals surface area contributed by atoms with Gasteiger partial charge >= 0.3 is 0 Å². The van der Waals surface area contributed by atoms with Crippen LogP contribution in [0.2, 0.25) is 0 Å². The predicted octanol–water partition coefficient (Wildman–Crippen LogP) is 1.89. The second-order valence-corrected chi connectivity index (χ2v) is 2.78. The SMILES string of the molecule is NCCc1occc2cccc1-2. The van der Waals surface area contributed by atoms with Gasteiger partial charge in [0, 0.05) is 12.0 Å². The van der Waals surface area contributed by atoms with Gasteiger partial charge in [-0.1, -0.05) is 18.2 Å². The van der Waals surface area contributed by atoms with Gasteiger partial charge < -0.3 is 10.2 Å². The molecule has 0 saturated heterocycles. The Morgan fingerprint density at radius 1 is 1.25 bits per heavy atom. The molecule has 0 radical (unpaired) electrons. The molecule has 62 valence electrons. The van der Waals surface area contributed by atoms with Crippen molar-refractivity contribution in [2.45, 2.75) is 6.42 Å². The molecule has 0 spiro atoms. The zero-order valence-corrected chi connectivity index (χ0v) is 6.79. The van der Waals surface area contributed by atoms with Crippen LogP contribution in [-0.2, 0) is 6.42 Å². The molecule has 2 heteroatoms. The van der Waals surface area contributed by atoms with Gasteiger partial charge in [-0.3, -0.25) is 0 Å². The second-order valence-electron chi connectivity index (χ2n) is 2.78. The zero-order valence-electron chi connectivity index (χ0n) is 6.79. The lowest BCUT2D eigenvalue weighted by Crippen LogP contribution is -2.03. The summed E-state index contributed by atoms with van der Waals surface area (Å²) in [5.41, 5.74) is 7.87. The summed E-state index contributed by atoms with van der Waals surface area (Å²) in [5.74, 6) is 0.986. The molecule has 12 heavy (non-hydrogen) atoms. The van der Waals surface area contributed by atoms with E-state index in [2.05, 4.69) is 12.1 Å². The molecule has 1 heterocycles. The van der Waals surface area contributed by atoms with Crippen LogP contribution in [0.15, 0.2) is 34.9 Å². The van der Waals surface area contributed by atoms with Gasteiger partial charge in [-0.2, -0.15) is 0 Å². The minimum Gasteiger partial charge on any atom is -0.469 e. The summed E-state index contributed by atoms with van der Waals surface area (Å²) < 4.78 is 5.36. The van der Waals surface area contributed by atoms with E-state index in [0.717, 1.165) is 12.2 Å². The molecule has 2 aliphatic rings. The predicted molar refractivity (Wildman–Crippen MR) is 48.1 cm³/mol. The molecule has 2 rings (SSSR count). The number of nitrogens with two attached hydrogens (primary N) is 1. The summed E-state index contributed by atoms with van der Waals surface area (Å²) in [7, 11) is 0. The Morgan fingerprint density at radius 2 is 2.17 bits per heavy atom. The first-order chi connectivity index (χ1) is 5.92. The van der Waals surface area contributed by atoms with Crippen molar-refractivity contribution in [3.63, 3.8) is 0 Å². The third kappa shape index (κ3) is 1.10. The average molecular weight is 161 g/mol. The Kier molecular flexibility index (Phi) is 1.84. The van der Waals surface area contributed by atoms with E-state index in [1.54, 1.807) is 6.26 Å². The van der Waals surface area contributed by atoms with Crippen LogP contribution in [0.25, 0.3) is 11.1 Å². The largest absolute Gasteiger partial charge is 0.469 e. The lowest BCUT2D eigenvalue weighted by Gasteiger charge is -2.04. The second kappa shape index (κ2) is 2.99. The van der Waals surface area contributed by atoms with Gasteiger partial charge in [0.05, 0.1) is 6.26 Å². The standard InChI is InChI=1S/C10H11NO/c11-6-4-10-9-3-1-2-8(9)5-7-12-10/h1-3,5,7H,4,6,11H2. The van der Waals surface area contributed by atoms with E-state index in [9.17, 15) is 0 Å². The smallest absolute Gasteiger partial charge is 0.112 e. The van der Waals surface area contributed by atoms with Crippen molar-refractivity contribution < 1.29 is 4.42 Å². The highest BCUT2D eigenvalue weighted by molar-refractivity contribution is 5.67. The summed E-state index contributed by atoms with van der Waals surface area (Å²) in [6.07, 6.45) is 2.52. The molecule has 0 saturated carbocycles. The molecule has 0 bridgehead atoms. The Labute approximate surface area is 71.3 Å². The Morgan fingerprint density at radius 3 is 3.00 bits per heavy atom. The molecule has 0 amide bonds. The van der Waals surface area contributed by atoms with Crippen LogP contribution in [0.1, 0.15) is 5.76 Å². The molecule has 0 atom stereocenters. The maximum absolute atomic E-state index is 5.46. The molecule has 2 N–H and O–H groups in total. The molecular formula is C10H11NO. The van der Waals surface area contributed by atoms with Crippen molar-refractivity contribution >= 4 is 0 Å². The third-order valence-corrected chi connectivity index (χ3v) is 1.98. The molecule has 0 aromatic heterocycles. The summed E-state index contributed by atoms with van der Waals surface area (Å²) in [6.45, 7) is 0.633. The van der Waals surface area contributed by atoms with Gasteiger partial charge in [0.25, 0.3) is 0 Å². The topological polar surface area (TPSA) is 39.2 Å². The lowest BCUT2D eigenvalue weighted by atomic mass is 10.1. The maximum atomic E-state index is 5.46. The fraction of sp³-hybridized carbons (Fsp3) is 0.200. The van der Waals surface area contributed by atoms with Crippen LogP contribution >= 0.6 is 0 Å². The highest BCUT2D eigenvalue weighted by atomic mass is 16.3. The average Bonchev–Trinajstić information content (AvgIpc) is 2.53. The van der Waals surface area contributed by atoms with E-state index in [1.165, 1.54) is 11.1 Å². The van der Waals surface area contributed by atoms with Gasteiger partial charge in [0.15, 0.2) is 0 Å². The zero-order chi connectivity index (χ0) is 8.39. The first-order valence-corrected chi connectivity index (χ1v) is 4.07. The Hall–Kier alpha value is -1.28. The number of rotatable bonds is 2. The van der Waals surface area contributed by atoms with Crippen LogP contribution in [0.4, 0.5) is 0 Å². The molecule has 0 aromatic rings. The number of hydrogen-bond donors (Lipinski definition) is 1. The van der Waals surface area contributed by atoms with Gasteiger partial charge in [-0.15, -0.1) is 0 Å². The fourth-order valence-electron chi connectivity index (χ4n) is 1.41. The van der Waals surface area contributed by atoms with Gasteiger partial charge in [0.2, 0.25) is 0 Å². The van der Waals surface area contributed by atoms with Gasteiger partial charge in [-0.25, -0.2) is 0 Å². The van der Waals surface area contributed by atoms with E-state index in [4.69, 9.17) is 10.2 Å². The lowest BCUT2D eigenvalue weighted by molar-refractivity contribution is 0.496. The van der Waals surface area contributed by atoms with Crippen molar-refractivity contribution in [1.29, 1.82) is 0 Å². The summed E-state index contributed by atoms with van der Waals surface area (Å²) in [6, 6.07) is 8.13. The van der Waals surface area contributed by atoms with E-state index in [0.29, 0.717) is 6.54 Å². The number of hydrogen-bond acceptors (Lipinski definition) is 2. The molecule has 1 aliphatic heterocycles. The van der Waals surface area contributed by atoms with Crippen molar-refractivity contribution in [2.24, 2.45) is 5.73 Å². The van der Waals surface area contributed by atoms with Crippen LogP contribution in [0.5, 0.6) is 0 Å². The maximum Gasteiger partial charge on any atom is 0.112 e. The molecular weight excluding hydrogens is 150 g/mol. The van der Waals surface area contributed by atoms with Crippen LogP contribution < -0.4 is 5.73 Å². The van der Waals surface area contributed by atoms with Crippen molar-refractivity contribution in [3.8, 4) is 11.1 Å².